The van der Waals surface area contributed by atoms with E-state index in [1.54, 1.807) is 7.11 Å². The van der Waals surface area contributed by atoms with Gasteiger partial charge in [-0.15, -0.1) is 0 Å². The second-order valence-electron chi connectivity index (χ2n) is 9.26. The van der Waals surface area contributed by atoms with Crippen molar-refractivity contribution in [3.63, 3.8) is 0 Å². The number of fused-ring (bicyclic) bond motifs is 2. The molecule has 0 aliphatic heterocycles. The second kappa shape index (κ2) is 9.29. The van der Waals surface area contributed by atoms with E-state index < -0.39 is 0 Å². The molecule has 1 heterocycles. The van der Waals surface area contributed by atoms with Crippen molar-refractivity contribution in [1.29, 1.82) is 0 Å². The molecule has 2 aliphatic carbocycles. The molecule has 2 fully saturated rings. The van der Waals surface area contributed by atoms with Gasteiger partial charge in [-0.05, 0) is 81.0 Å². The van der Waals surface area contributed by atoms with Gasteiger partial charge in [0.2, 0.25) is 5.78 Å². The van der Waals surface area contributed by atoms with Crippen LogP contribution in [0.25, 0.3) is 0 Å². The van der Waals surface area contributed by atoms with E-state index in [2.05, 4.69) is 16.7 Å². The number of aromatic nitrogens is 1. The van der Waals surface area contributed by atoms with Crippen LogP contribution in [0.1, 0.15) is 59.4 Å². The molecule has 0 amide bonds. The zero-order chi connectivity index (χ0) is 22.0. The molecule has 2 saturated carbocycles. The molecular weight excluding hydrogens is 390 g/mol. The number of hydrogen-bond donors (Lipinski definition) is 0. The van der Waals surface area contributed by atoms with Gasteiger partial charge in [0, 0.05) is 29.9 Å². The molecule has 166 valence electrons. The molecule has 0 spiro atoms. The predicted molar refractivity (Wildman–Crippen MR) is 119 cm³/mol. The van der Waals surface area contributed by atoms with Crippen LogP contribution in [-0.2, 0) is 22.5 Å². The van der Waals surface area contributed by atoms with Crippen LogP contribution in [0.5, 0.6) is 5.75 Å². The smallest absolute Gasteiger partial charge is 0.306 e. The first-order valence-corrected chi connectivity index (χ1v) is 11.4. The fraction of sp³-hybridized carbons (Fsp3) is 0.538. The van der Waals surface area contributed by atoms with E-state index in [9.17, 15) is 9.59 Å². The maximum absolute atomic E-state index is 12.7. The molecule has 0 N–H and O–H groups in total. The van der Waals surface area contributed by atoms with Crippen molar-refractivity contribution < 1.29 is 19.1 Å². The number of benzene rings is 1. The van der Waals surface area contributed by atoms with Gasteiger partial charge in [-0.3, -0.25) is 9.59 Å². The Balaban J connectivity index is 1.30. The number of esters is 1. The van der Waals surface area contributed by atoms with Crippen LogP contribution in [0, 0.1) is 31.6 Å². The average molecular weight is 424 g/mol. The molecule has 0 radical (unpaired) electrons. The topological polar surface area (TPSA) is 57.5 Å². The molecule has 0 saturated heterocycles. The number of aryl methyl sites for hydroxylation is 2. The molecule has 1 aromatic heterocycles. The molecule has 3 atom stereocenters. The molecule has 0 unspecified atom stereocenters. The van der Waals surface area contributed by atoms with Crippen molar-refractivity contribution >= 4 is 11.8 Å². The Morgan fingerprint density at radius 3 is 2.52 bits per heavy atom. The molecule has 5 nitrogen and oxygen atoms in total. The number of ether oxygens (including phenoxy) is 2. The molecule has 2 aromatic rings. The molecule has 1 aromatic carbocycles. The van der Waals surface area contributed by atoms with Crippen LogP contribution < -0.4 is 4.74 Å². The van der Waals surface area contributed by atoms with E-state index in [4.69, 9.17) is 9.47 Å². The fourth-order valence-corrected chi connectivity index (χ4v) is 5.58. The zero-order valence-corrected chi connectivity index (χ0v) is 18.9. The third-order valence-electron chi connectivity index (χ3n) is 7.33. The summed E-state index contributed by atoms with van der Waals surface area (Å²) < 4.78 is 12.7. The van der Waals surface area contributed by atoms with E-state index in [-0.39, 0.29) is 18.4 Å². The number of carbonyl (C=O) groups excluding carboxylic acids is 2. The van der Waals surface area contributed by atoms with Gasteiger partial charge in [-0.25, -0.2) is 0 Å². The summed E-state index contributed by atoms with van der Waals surface area (Å²) in [6, 6.07) is 9.97. The normalized spacial score (nSPS) is 22.0. The van der Waals surface area contributed by atoms with E-state index in [0.717, 1.165) is 42.4 Å². The quantitative estimate of drug-likeness (QED) is 0.425. The average Bonchev–Trinajstić information content (AvgIpc) is 3.46. The Bertz CT molecular complexity index is 943. The predicted octanol–water partition coefficient (Wildman–Crippen LogP) is 4.91. The van der Waals surface area contributed by atoms with E-state index in [1.807, 2.05) is 32.0 Å². The van der Waals surface area contributed by atoms with Crippen molar-refractivity contribution in [2.24, 2.45) is 17.8 Å². The Morgan fingerprint density at radius 2 is 1.87 bits per heavy atom. The number of Topliss-reactive ketones (excluding diaryl/α,β-unsaturated/α-hetero) is 1. The lowest BCUT2D eigenvalue weighted by molar-refractivity contribution is -0.144. The van der Waals surface area contributed by atoms with Crippen molar-refractivity contribution in [3.8, 4) is 5.75 Å². The van der Waals surface area contributed by atoms with Crippen LogP contribution in [0.15, 0.2) is 30.3 Å². The first-order chi connectivity index (χ1) is 14.9. The standard InChI is InChI=1S/C26H33NO4/c1-17-12-24(18(2)27(17)11-10-19-5-8-23(30-3)9-6-19)25(28)16-31-26(29)15-22-14-20-4-7-21(22)13-20/h5-6,8-9,12,20-22H,4,7,10-11,13-16H2,1-3H3/t20-,21-,22+/m1/s1. The molecule has 4 rings (SSSR count). The summed E-state index contributed by atoms with van der Waals surface area (Å²) in [4.78, 5) is 25.0. The number of ketones is 1. The van der Waals surface area contributed by atoms with Crippen molar-refractivity contribution in [2.75, 3.05) is 13.7 Å². The Kier molecular flexibility index (Phi) is 6.49. The fourth-order valence-electron chi connectivity index (χ4n) is 5.58. The highest BCUT2D eigenvalue weighted by atomic mass is 16.5. The molecule has 2 bridgehead atoms. The van der Waals surface area contributed by atoms with Gasteiger partial charge in [-0.2, -0.15) is 0 Å². The van der Waals surface area contributed by atoms with Crippen molar-refractivity contribution in [1.82, 2.24) is 4.57 Å². The number of rotatable bonds is 9. The first-order valence-electron chi connectivity index (χ1n) is 11.4. The van der Waals surface area contributed by atoms with Crippen LogP contribution in [0.3, 0.4) is 0 Å². The largest absolute Gasteiger partial charge is 0.497 e. The zero-order valence-electron chi connectivity index (χ0n) is 18.9. The monoisotopic (exact) mass is 423 g/mol. The third-order valence-corrected chi connectivity index (χ3v) is 7.33. The van der Waals surface area contributed by atoms with Crippen LogP contribution in [-0.4, -0.2) is 30.0 Å². The van der Waals surface area contributed by atoms with Crippen LogP contribution >= 0.6 is 0 Å². The van der Waals surface area contributed by atoms with E-state index in [0.29, 0.717) is 23.8 Å². The molecule has 2 aliphatic rings. The summed E-state index contributed by atoms with van der Waals surface area (Å²) in [5, 5.41) is 0. The van der Waals surface area contributed by atoms with Crippen molar-refractivity contribution in [2.45, 2.75) is 58.9 Å². The third kappa shape index (κ3) is 4.86. The van der Waals surface area contributed by atoms with Gasteiger partial charge in [0.25, 0.3) is 0 Å². The van der Waals surface area contributed by atoms with Gasteiger partial charge >= 0.3 is 5.97 Å². The second-order valence-corrected chi connectivity index (χ2v) is 9.26. The number of methoxy groups -OCH3 is 1. The highest BCUT2D eigenvalue weighted by Gasteiger charge is 2.40. The molecular formula is C26H33NO4. The maximum Gasteiger partial charge on any atom is 0.306 e. The Labute approximate surface area is 184 Å². The summed E-state index contributed by atoms with van der Waals surface area (Å²) in [7, 11) is 1.66. The summed E-state index contributed by atoms with van der Waals surface area (Å²) in [6.45, 7) is 4.61. The Morgan fingerprint density at radius 1 is 1.10 bits per heavy atom. The SMILES string of the molecule is COc1ccc(CCn2c(C)cc(C(=O)COC(=O)C[C@@H]3C[C@@H]4CC[C@@H]3C4)c2C)cc1. The van der Waals surface area contributed by atoms with Crippen LogP contribution in [0.2, 0.25) is 0 Å². The minimum atomic E-state index is -0.223. The highest BCUT2D eigenvalue weighted by molar-refractivity contribution is 5.99. The lowest BCUT2D eigenvalue weighted by Gasteiger charge is -2.20. The van der Waals surface area contributed by atoms with Crippen molar-refractivity contribution in [3.05, 3.63) is 52.8 Å². The van der Waals surface area contributed by atoms with Gasteiger partial charge in [0.05, 0.1) is 7.11 Å². The minimum absolute atomic E-state index is 0.120. The minimum Gasteiger partial charge on any atom is -0.497 e. The van der Waals surface area contributed by atoms with E-state index in [1.165, 1.54) is 24.8 Å². The number of hydrogen-bond acceptors (Lipinski definition) is 4. The Hall–Kier alpha value is -2.56. The number of nitrogens with zero attached hydrogens (tertiary/aromatic N) is 1. The number of carbonyl (C=O) groups is 2. The first kappa shape index (κ1) is 21.7. The summed E-state index contributed by atoms with van der Waals surface area (Å²) in [5.74, 6) is 2.47. The lowest BCUT2D eigenvalue weighted by atomic mass is 9.86. The van der Waals surface area contributed by atoms with Gasteiger partial charge in [0.1, 0.15) is 5.75 Å². The summed E-state index contributed by atoms with van der Waals surface area (Å²) in [5.41, 5.74) is 3.85. The van der Waals surface area contributed by atoms with Gasteiger partial charge in [-0.1, -0.05) is 18.6 Å². The lowest BCUT2D eigenvalue weighted by Crippen LogP contribution is -2.20. The molecule has 31 heavy (non-hydrogen) atoms. The van der Waals surface area contributed by atoms with E-state index >= 15 is 0 Å². The van der Waals surface area contributed by atoms with Gasteiger partial charge < -0.3 is 14.0 Å². The summed E-state index contributed by atoms with van der Waals surface area (Å²) >= 11 is 0. The summed E-state index contributed by atoms with van der Waals surface area (Å²) in [6.07, 6.45) is 6.34. The maximum atomic E-state index is 12.7. The molecule has 5 heteroatoms. The van der Waals surface area contributed by atoms with Gasteiger partial charge in [0.15, 0.2) is 6.61 Å². The van der Waals surface area contributed by atoms with Crippen LogP contribution in [0.4, 0.5) is 0 Å². The highest BCUT2D eigenvalue weighted by Crippen LogP contribution is 2.49.